The molecule has 0 aliphatic rings. The minimum atomic E-state index is -0.307. The Morgan fingerprint density at radius 2 is 1.73 bits per heavy atom. The molecule has 3 nitrogen and oxygen atoms in total. The van der Waals surface area contributed by atoms with Crippen LogP contribution in [0.25, 0.3) is 0 Å². The lowest BCUT2D eigenvalue weighted by Gasteiger charge is -2.32. The Balaban J connectivity index is 2.41. The third-order valence-electron chi connectivity index (χ3n) is 6.53. The van der Waals surface area contributed by atoms with Crippen LogP contribution in [0, 0.1) is 19.3 Å². The molecule has 0 saturated carbocycles. The fourth-order valence-electron chi connectivity index (χ4n) is 4.15. The predicted octanol–water partition coefficient (Wildman–Crippen LogP) is 6.60. The van der Waals surface area contributed by atoms with Crippen molar-refractivity contribution >= 4 is 17.3 Å². The van der Waals surface area contributed by atoms with Gasteiger partial charge in [0.05, 0.1) is 18.8 Å². The third-order valence-corrected chi connectivity index (χ3v) is 8.03. The summed E-state index contributed by atoms with van der Waals surface area (Å²) in [6.07, 6.45) is 3.36. The average Bonchev–Trinajstić information content (AvgIpc) is 3.07. The Labute approximate surface area is 186 Å². The zero-order chi connectivity index (χ0) is 22.7. The van der Waals surface area contributed by atoms with E-state index >= 15 is 0 Å². The molecule has 0 aliphatic carbocycles. The molecule has 0 amide bonds. The van der Waals surface area contributed by atoms with Crippen molar-refractivity contribution in [3.63, 3.8) is 0 Å². The van der Waals surface area contributed by atoms with Gasteiger partial charge in [-0.1, -0.05) is 46.8 Å². The van der Waals surface area contributed by atoms with E-state index in [1.165, 1.54) is 28.0 Å². The van der Waals surface area contributed by atoms with E-state index < -0.39 is 0 Å². The van der Waals surface area contributed by atoms with Crippen LogP contribution in [0.3, 0.4) is 0 Å². The van der Waals surface area contributed by atoms with Gasteiger partial charge in [0, 0.05) is 15.2 Å². The van der Waals surface area contributed by atoms with E-state index in [9.17, 15) is 9.90 Å². The maximum Gasteiger partial charge on any atom is 0.338 e. The van der Waals surface area contributed by atoms with Gasteiger partial charge < -0.3 is 9.84 Å². The Morgan fingerprint density at radius 3 is 2.23 bits per heavy atom. The summed E-state index contributed by atoms with van der Waals surface area (Å²) in [6.45, 7) is 14.9. The fraction of sp³-hybridized carbons (Fsp3) is 0.577. The summed E-state index contributed by atoms with van der Waals surface area (Å²) < 4.78 is 4.91. The molecule has 0 radical (unpaired) electrons. The van der Waals surface area contributed by atoms with Crippen molar-refractivity contribution in [2.24, 2.45) is 5.41 Å². The summed E-state index contributed by atoms with van der Waals surface area (Å²) in [4.78, 5) is 14.7. The molecule has 0 bridgehead atoms. The lowest BCUT2D eigenvalue weighted by molar-refractivity contribution is 0.0561. The van der Waals surface area contributed by atoms with Crippen molar-refractivity contribution < 1.29 is 14.6 Å². The monoisotopic (exact) mass is 430 g/mol. The maximum absolute atomic E-state index is 12.0. The molecule has 0 saturated heterocycles. The Bertz CT molecular complexity index is 869. The van der Waals surface area contributed by atoms with Gasteiger partial charge in [-0.25, -0.2) is 4.79 Å². The lowest BCUT2D eigenvalue weighted by Crippen LogP contribution is -2.26. The summed E-state index contributed by atoms with van der Waals surface area (Å²) in [5.41, 5.74) is 3.97. The fourth-order valence-corrected chi connectivity index (χ4v) is 5.70. The quantitative estimate of drug-likeness (QED) is 0.480. The number of aryl methyl sites for hydroxylation is 3. The van der Waals surface area contributed by atoms with Crippen LogP contribution < -0.4 is 0 Å². The Kier molecular flexibility index (Phi) is 7.92. The number of esters is 1. The number of aliphatic hydroxyl groups is 1. The van der Waals surface area contributed by atoms with Gasteiger partial charge in [0.2, 0.25) is 0 Å². The molecule has 4 heteroatoms. The molecular formula is C26H38O3S. The number of thiophene rings is 1. The molecule has 2 rings (SSSR count). The van der Waals surface area contributed by atoms with Gasteiger partial charge in [-0.15, -0.1) is 11.3 Å². The first-order valence-electron chi connectivity index (χ1n) is 11.0. The van der Waals surface area contributed by atoms with E-state index in [1.807, 2.05) is 24.3 Å². The molecule has 1 N–H and O–H groups in total. The van der Waals surface area contributed by atoms with Crippen LogP contribution in [-0.4, -0.2) is 24.3 Å². The molecule has 1 aromatic carbocycles. The highest BCUT2D eigenvalue weighted by Crippen LogP contribution is 2.44. The zero-order valence-electron chi connectivity index (χ0n) is 19.9. The van der Waals surface area contributed by atoms with Crippen molar-refractivity contribution in [1.29, 1.82) is 0 Å². The molecule has 0 aliphatic heterocycles. The van der Waals surface area contributed by atoms with Gasteiger partial charge >= 0.3 is 5.97 Å². The van der Waals surface area contributed by atoms with Crippen molar-refractivity contribution in [3.8, 4) is 0 Å². The second-order valence-electron chi connectivity index (χ2n) is 9.45. The topological polar surface area (TPSA) is 46.5 Å². The number of rotatable bonds is 8. The highest BCUT2D eigenvalue weighted by Gasteiger charge is 2.33. The minimum Gasteiger partial charge on any atom is -0.465 e. The van der Waals surface area contributed by atoms with Crippen LogP contribution in [0.5, 0.6) is 0 Å². The first-order chi connectivity index (χ1) is 14.0. The molecule has 0 fully saturated rings. The molecule has 166 valence electrons. The summed E-state index contributed by atoms with van der Waals surface area (Å²) in [7, 11) is 1.42. The van der Waals surface area contributed by atoms with Crippen LogP contribution in [0.4, 0.5) is 0 Å². The van der Waals surface area contributed by atoms with Crippen LogP contribution in [0.2, 0.25) is 0 Å². The van der Waals surface area contributed by atoms with Crippen LogP contribution in [0.1, 0.15) is 90.7 Å². The first kappa shape index (κ1) is 24.6. The van der Waals surface area contributed by atoms with Gasteiger partial charge in [-0.05, 0) is 73.8 Å². The molecule has 0 spiro atoms. The molecule has 1 aromatic heterocycles. The maximum atomic E-state index is 12.0. The van der Waals surface area contributed by atoms with E-state index in [0.29, 0.717) is 5.56 Å². The first-order valence-corrected chi connectivity index (χ1v) is 11.8. The zero-order valence-corrected chi connectivity index (χ0v) is 20.7. The Morgan fingerprint density at radius 1 is 1.10 bits per heavy atom. The summed E-state index contributed by atoms with van der Waals surface area (Å²) in [5.74, 6) is -0.288. The molecule has 1 unspecified atom stereocenters. The summed E-state index contributed by atoms with van der Waals surface area (Å²) in [6, 6.07) is 8.47. The Hall–Kier alpha value is -1.65. The number of carbonyl (C=O) groups is 1. The molecular weight excluding hydrogens is 392 g/mol. The summed E-state index contributed by atoms with van der Waals surface area (Å²) in [5, 5.41) is 10.5. The van der Waals surface area contributed by atoms with E-state index in [-0.39, 0.29) is 22.9 Å². The second kappa shape index (κ2) is 9.65. The van der Waals surface area contributed by atoms with Crippen molar-refractivity contribution in [1.82, 2.24) is 0 Å². The molecule has 30 heavy (non-hydrogen) atoms. The van der Waals surface area contributed by atoms with Gasteiger partial charge in [-0.3, -0.25) is 0 Å². The number of hydrogen-bond acceptors (Lipinski definition) is 4. The van der Waals surface area contributed by atoms with Gasteiger partial charge in [0.15, 0.2) is 0 Å². The van der Waals surface area contributed by atoms with Crippen LogP contribution >= 0.6 is 11.3 Å². The highest BCUT2D eigenvalue weighted by molar-refractivity contribution is 7.12. The van der Waals surface area contributed by atoms with Crippen molar-refractivity contribution in [3.05, 3.63) is 56.3 Å². The molecule has 2 aromatic rings. The predicted molar refractivity (Wildman–Crippen MR) is 127 cm³/mol. The van der Waals surface area contributed by atoms with Crippen LogP contribution in [-0.2, 0) is 16.6 Å². The van der Waals surface area contributed by atoms with Crippen molar-refractivity contribution in [2.45, 2.75) is 85.7 Å². The SMILES string of the molecule is CCC(CC)(c1ccc(C(=O)OC)c(C)c1)c1cc(C)c(CCC(O)C(C)(C)C)s1. The summed E-state index contributed by atoms with van der Waals surface area (Å²) >= 11 is 1.88. The number of carbonyl (C=O) groups excluding carboxylic acids is 1. The van der Waals surface area contributed by atoms with Gasteiger partial charge in [-0.2, -0.15) is 0 Å². The highest BCUT2D eigenvalue weighted by atomic mass is 32.1. The second-order valence-corrected chi connectivity index (χ2v) is 10.6. The van der Waals surface area contributed by atoms with Crippen LogP contribution in [0.15, 0.2) is 24.3 Å². The van der Waals surface area contributed by atoms with E-state index in [1.54, 1.807) is 0 Å². The van der Waals surface area contributed by atoms with E-state index in [2.05, 4.69) is 59.7 Å². The number of benzene rings is 1. The van der Waals surface area contributed by atoms with E-state index in [0.717, 1.165) is 31.2 Å². The normalized spacial score (nSPS) is 13.4. The lowest BCUT2D eigenvalue weighted by atomic mass is 9.74. The molecule has 1 heterocycles. The number of ether oxygens (including phenoxy) is 1. The number of methoxy groups -OCH3 is 1. The standard InChI is InChI=1S/C26H38O3S/c1-9-26(10-2,19-11-12-20(17(3)15-19)24(28)29-8)23-16-18(4)21(30-23)13-14-22(27)25(5,6)7/h11-12,15-16,22,27H,9-10,13-14H2,1-8H3. The number of aliphatic hydroxyl groups excluding tert-OH is 1. The van der Waals surface area contributed by atoms with E-state index in [4.69, 9.17) is 4.74 Å². The smallest absolute Gasteiger partial charge is 0.338 e. The van der Waals surface area contributed by atoms with Gasteiger partial charge in [0.25, 0.3) is 0 Å². The third kappa shape index (κ3) is 4.97. The largest absolute Gasteiger partial charge is 0.465 e. The van der Waals surface area contributed by atoms with Gasteiger partial charge in [0.1, 0.15) is 0 Å². The minimum absolute atomic E-state index is 0.0737. The molecule has 1 atom stereocenters. The average molecular weight is 431 g/mol. The van der Waals surface area contributed by atoms with Crippen molar-refractivity contribution in [2.75, 3.05) is 7.11 Å². The number of hydrogen-bond donors (Lipinski definition) is 1.